The van der Waals surface area contributed by atoms with Crippen molar-refractivity contribution < 1.29 is 8.42 Å². The van der Waals surface area contributed by atoms with Crippen LogP contribution in [-0.2, 0) is 28.5 Å². The van der Waals surface area contributed by atoms with Crippen molar-refractivity contribution in [3.63, 3.8) is 0 Å². The summed E-state index contributed by atoms with van der Waals surface area (Å²) in [6, 6.07) is 14.4. The quantitative estimate of drug-likeness (QED) is 0.392. The minimum absolute atomic E-state index is 0.0241. The second-order valence-corrected chi connectivity index (χ2v) is 15.5. The Bertz CT molecular complexity index is 1460. The van der Waals surface area contributed by atoms with Crippen molar-refractivity contribution in [2.45, 2.75) is 94.7 Å². The van der Waals surface area contributed by atoms with Crippen LogP contribution in [0.15, 0.2) is 59.9 Å². The molecule has 6 nitrogen and oxygen atoms in total. The molecule has 1 aromatic heterocycles. The molecule has 3 aromatic rings. The van der Waals surface area contributed by atoms with Gasteiger partial charge in [-0.3, -0.25) is 0 Å². The van der Waals surface area contributed by atoms with E-state index in [1.165, 1.54) is 55.3 Å². The van der Waals surface area contributed by atoms with E-state index < -0.39 is 10.0 Å². The largest absolute Gasteiger partial charge is 0.361 e. The molecule has 1 aliphatic heterocycles. The third-order valence-corrected chi connectivity index (χ3v) is 11.8. The van der Waals surface area contributed by atoms with Gasteiger partial charge in [0.15, 0.2) is 0 Å². The predicted molar refractivity (Wildman–Crippen MR) is 154 cm³/mol. The van der Waals surface area contributed by atoms with Crippen LogP contribution in [0.2, 0.25) is 0 Å². The molecule has 8 rings (SSSR count). The fraction of sp³-hybridized carbons (Fsp3) is 0.531. The number of anilines is 1. The summed E-state index contributed by atoms with van der Waals surface area (Å²) in [5, 5.41) is 0. The van der Waals surface area contributed by atoms with Crippen LogP contribution in [0.25, 0.3) is 0 Å². The van der Waals surface area contributed by atoms with Crippen molar-refractivity contribution in [1.82, 2.24) is 14.3 Å². The molecule has 0 radical (unpaired) electrons. The highest BCUT2D eigenvalue weighted by atomic mass is 32.2. The number of nitrogens with zero attached hydrogens (tertiary/aromatic N) is 3. The minimum atomic E-state index is -3.68. The van der Waals surface area contributed by atoms with E-state index in [9.17, 15) is 8.42 Å². The highest BCUT2D eigenvalue weighted by Gasteiger charge is 2.57. The van der Waals surface area contributed by atoms with E-state index in [-0.39, 0.29) is 16.9 Å². The molecule has 2 heterocycles. The van der Waals surface area contributed by atoms with Gasteiger partial charge < -0.3 is 9.88 Å². The van der Waals surface area contributed by atoms with E-state index in [2.05, 4.69) is 53.8 Å². The van der Waals surface area contributed by atoms with Crippen molar-refractivity contribution in [3.8, 4) is 0 Å². The van der Waals surface area contributed by atoms with Crippen LogP contribution in [0, 0.1) is 11.3 Å². The molecule has 0 spiro atoms. The van der Waals surface area contributed by atoms with Crippen molar-refractivity contribution in [2.24, 2.45) is 11.3 Å². The van der Waals surface area contributed by atoms with Gasteiger partial charge in [-0.25, -0.2) is 13.4 Å². The molecular formula is C32H40N4O2S. The summed E-state index contributed by atoms with van der Waals surface area (Å²) >= 11 is 0. The molecular weight excluding hydrogens is 504 g/mol. The Balaban J connectivity index is 1.34. The lowest BCUT2D eigenvalue weighted by atomic mass is 9.64. The summed E-state index contributed by atoms with van der Waals surface area (Å²) in [5.74, 6) is 1.34. The Morgan fingerprint density at radius 1 is 1.05 bits per heavy atom. The maximum atomic E-state index is 14.4. The van der Waals surface area contributed by atoms with E-state index in [1.807, 2.05) is 34.8 Å². The maximum absolute atomic E-state index is 14.4. The lowest BCUT2D eigenvalue weighted by molar-refractivity contribution is 0.0905. The molecule has 1 atom stereocenters. The monoisotopic (exact) mass is 544 g/mol. The second kappa shape index (κ2) is 8.93. The fourth-order valence-electron chi connectivity index (χ4n) is 7.67. The summed E-state index contributed by atoms with van der Waals surface area (Å²) in [7, 11) is -3.68. The number of fused-ring (bicyclic) bond motifs is 2. The average molecular weight is 545 g/mol. The van der Waals surface area contributed by atoms with Crippen LogP contribution in [0.1, 0.15) is 87.6 Å². The van der Waals surface area contributed by atoms with E-state index in [0.29, 0.717) is 30.4 Å². The molecule has 2 bridgehead atoms. The number of nitrogens with one attached hydrogen (secondary N) is 1. The van der Waals surface area contributed by atoms with Crippen LogP contribution in [-0.4, -0.2) is 35.3 Å². The second-order valence-electron chi connectivity index (χ2n) is 13.6. The smallest absolute Gasteiger partial charge is 0.243 e. The molecule has 4 aliphatic carbocycles. The highest BCUT2D eigenvalue weighted by molar-refractivity contribution is 7.89. The number of sulfonamides is 1. The first-order chi connectivity index (χ1) is 18.6. The fourth-order valence-corrected chi connectivity index (χ4v) is 9.09. The first-order valence-electron chi connectivity index (χ1n) is 14.6. The summed E-state index contributed by atoms with van der Waals surface area (Å²) in [6.07, 6.45) is 10.9. The Morgan fingerprint density at radius 3 is 2.44 bits per heavy atom. The normalized spacial score (nSPS) is 27.2. The Labute approximate surface area is 232 Å². The molecule has 7 heteroatoms. The van der Waals surface area contributed by atoms with Gasteiger partial charge in [-0.1, -0.05) is 45.0 Å². The molecule has 0 saturated heterocycles. The van der Waals surface area contributed by atoms with Gasteiger partial charge in [0, 0.05) is 31.0 Å². The van der Waals surface area contributed by atoms with Gasteiger partial charge in [0.05, 0.1) is 23.5 Å². The SMILES string of the molecule is CC(C)(C)c1ccc(S(=O)(=O)N2Cc3c(C4CC4)cccc3N(Cc3cnc[nH]3)[C@@H](C34CCC(C3)C4)C2)cc1. The average Bonchev–Trinajstić information content (AvgIpc) is 3.27. The Kier molecular flexibility index (Phi) is 5.80. The Morgan fingerprint density at radius 2 is 1.82 bits per heavy atom. The van der Waals surface area contributed by atoms with Crippen molar-refractivity contribution in [3.05, 3.63) is 77.4 Å². The molecule has 2 aromatic carbocycles. The number of hydrogen-bond donors (Lipinski definition) is 1. The number of benzene rings is 2. The summed E-state index contributed by atoms with van der Waals surface area (Å²) in [5.41, 5.74) is 6.11. The maximum Gasteiger partial charge on any atom is 0.243 e. The molecule has 5 aliphatic rings. The molecule has 0 amide bonds. The van der Waals surface area contributed by atoms with Crippen molar-refractivity contribution >= 4 is 15.7 Å². The molecule has 0 unspecified atom stereocenters. The first-order valence-corrected chi connectivity index (χ1v) is 16.0. The topological polar surface area (TPSA) is 69.3 Å². The lowest BCUT2D eigenvalue weighted by Gasteiger charge is -2.50. The van der Waals surface area contributed by atoms with Gasteiger partial charge in [-0.05, 0) is 96.1 Å². The van der Waals surface area contributed by atoms with Gasteiger partial charge in [0.25, 0.3) is 0 Å². The third-order valence-electron chi connectivity index (χ3n) is 10.0. The van der Waals surface area contributed by atoms with E-state index in [1.54, 1.807) is 6.33 Å². The van der Waals surface area contributed by atoms with Gasteiger partial charge in [-0.15, -0.1) is 0 Å². The summed E-state index contributed by atoms with van der Waals surface area (Å²) < 4.78 is 30.6. The predicted octanol–water partition coefficient (Wildman–Crippen LogP) is 6.35. The van der Waals surface area contributed by atoms with Crippen LogP contribution in [0.5, 0.6) is 0 Å². The zero-order valence-corrected chi connectivity index (χ0v) is 24.2. The molecule has 206 valence electrons. The standard InChI is InChI=1S/C32H40N4O2S/c1-31(2,3)24-9-11-26(12-10-24)39(37,38)35-19-28-27(23-7-8-23)5-4-6-29(28)36(18-25-17-33-21-34-25)30(20-35)32-14-13-22(15-32)16-32/h4-6,9-12,17,21-23,30H,7-8,13-16,18-20H2,1-3H3,(H,33,34)/t22?,30-,32?/m1/s1. The zero-order chi connectivity index (χ0) is 27.0. The summed E-state index contributed by atoms with van der Waals surface area (Å²) in [6.45, 7) is 8.14. The van der Waals surface area contributed by atoms with Crippen LogP contribution in [0.4, 0.5) is 5.69 Å². The number of H-pyrrole nitrogens is 1. The number of rotatable bonds is 6. The number of imidazole rings is 1. The Hall–Kier alpha value is -2.64. The number of aromatic amines is 1. The summed E-state index contributed by atoms with van der Waals surface area (Å²) in [4.78, 5) is 10.6. The van der Waals surface area contributed by atoms with E-state index in [0.717, 1.165) is 17.2 Å². The molecule has 4 fully saturated rings. The number of hydrogen-bond acceptors (Lipinski definition) is 4. The van der Waals surface area contributed by atoms with Gasteiger partial charge >= 0.3 is 0 Å². The molecule has 39 heavy (non-hydrogen) atoms. The molecule has 1 N–H and O–H groups in total. The van der Waals surface area contributed by atoms with Gasteiger partial charge in [0.2, 0.25) is 10.0 Å². The third kappa shape index (κ3) is 4.33. The zero-order valence-electron chi connectivity index (χ0n) is 23.4. The highest BCUT2D eigenvalue weighted by Crippen LogP contribution is 2.62. The molecule has 4 saturated carbocycles. The minimum Gasteiger partial charge on any atom is -0.361 e. The van der Waals surface area contributed by atoms with E-state index in [4.69, 9.17) is 0 Å². The van der Waals surface area contributed by atoms with Gasteiger partial charge in [-0.2, -0.15) is 4.31 Å². The van der Waals surface area contributed by atoms with Crippen LogP contribution >= 0.6 is 0 Å². The lowest BCUT2D eigenvalue weighted by Crippen LogP contribution is -2.55. The number of aromatic nitrogens is 2. The van der Waals surface area contributed by atoms with Gasteiger partial charge in [0.1, 0.15) is 0 Å². The van der Waals surface area contributed by atoms with Crippen LogP contribution in [0.3, 0.4) is 0 Å². The first kappa shape index (κ1) is 25.3. The van der Waals surface area contributed by atoms with Crippen LogP contribution < -0.4 is 4.90 Å². The van der Waals surface area contributed by atoms with Crippen molar-refractivity contribution in [1.29, 1.82) is 0 Å². The van der Waals surface area contributed by atoms with E-state index >= 15 is 0 Å². The van der Waals surface area contributed by atoms with Crippen molar-refractivity contribution in [2.75, 3.05) is 11.4 Å².